The van der Waals surface area contributed by atoms with Gasteiger partial charge in [-0.05, 0) is 64.5 Å². The molecule has 0 radical (unpaired) electrons. The number of hydrogen-bond donors (Lipinski definition) is 2. The van der Waals surface area contributed by atoms with Crippen LogP contribution in [-0.2, 0) is 0 Å². The SMILES string of the molecule is CSc1nc2nc(C)cc(Nc3ccc(C)cc3)n2n1.CSc1nc2nc(C)cc(Nc3ccc(C)cc3)n2n1. The van der Waals surface area contributed by atoms with E-state index in [0.29, 0.717) is 11.6 Å². The average molecular weight is 571 g/mol. The monoisotopic (exact) mass is 570 g/mol. The number of thioether (sulfide) groups is 2. The fourth-order valence-corrected chi connectivity index (χ4v) is 4.53. The summed E-state index contributed by atoms with van der Waals surface area (Å²) in [4.78, 5) is 17.5. The average Bonchev–Trinajstić information content (AvgIpc) is 3.55. The van der Waals surface area contributed by atoms with Crippen LogP contribution in [0.4, 0.5) is 23.0 Å². The molecule has 0 bridgehead atoms. The van der Waals surface area contributed by atoms with E-state index in [4.69, 9.17) is 0 Å². The van der Waals surface area contributed by atoms with Crippen molar-refractivity contribution in [3.8, 4) is 0 Å². The zero-order valence-electron chi connectivity index (χ0n) is 23.2. The largest absolute Gasteiger partial charge is 0.340 e. The quantitative estimate of drug-likeness (QED) is 0.218. The van der Waals surface area contributed by atoms with Crippen LogP contribution >= 0.6 is 23.5 Å². The Kier molecular flexibility index (Phi) is 8.17. The number of anilines is 4. The molecule has 4 heterocycles. The number of aromatic nitrogens is 8. The molecule has 0 aliphatic rings. The summed E-state index contributed by atoms with van der Waals surface area (Å²) in [6.07, 6.45) is 3.91. The van der Waals surface area contributed by atoms with Gasteiger partial charge in [-0.25, -0.2) is 9.97 Å². The summed E-state index contributed by atoms with van der Waals surface area (Å²) in [5.74, 6) is 2.96. The first kappa shape index (κ1) is 27.4. The van der Waals surface area contributed by atoms with E-state index < -0.39 is 0 Å². The van der Waals surface area contributed by atoms with Gasteiger partial charge < -0.3 is 10.6 Å². The molecule has 0 amide bonds. The molecule has 2 N–H and O–H groups in total. The summed E-state index contributed by atoms with van der Waals surface area (Å²) in [7, 11) is 0. The zero-order valence-corrected chi connectivity index (χ0v) is 24.8. The smallest absolute Gasteiger partial charge is 0.255 e. The van der Waals surface area contributed by atoms with Gasteiger partial charge in [0.1, 0.15) is 11.6 Å². The van der Waals surface area contributed by atoms with E-state index >= 15 is 0 Å². The molecular weight excluding hydrogens is 541 g/mol. The Balaban J connectivity index is 0.000000161. The summed E-state index contributed by atoms with van der Waals surface area (Å²) in [5.41, 5.74) is 6.32. The molecule has 0 spiro atoms. The summed E-state index contributed by atoms with van der Waals surface area (Å²) in [5, 5.41) is 17.0. The molecule has 0 atom stereocenters. The lowest BCUT2D eigenvalue weighted by Gasteiger charge is -2.08. The second kappa shape index (κ2) is 11.9. The fraction of sp³-hybridized carbons (Fsp3) is 0.214. The highest BCUT2D eigenvalue weighted by molar-refractivity contribution is 7.98. The van der Waals surface area contributed by atoms with Crippen LogP contribution in [0.2, 0.25) is 0 Å². The van der Waals surface area contributed by atoms with Gasteiger partial charge >= 0.3 is 0 Å². The first-order chi connectivity index (χ1) is 19.3. The number of nitrogens with zero attached hydrogens (tertiary/aromatic N) is 8. The minimum atomic E-state index is 0.615. The Morgan fingerprint density at radius 2 is 0.925 bits per heavy atom. The normalized spacial score (nSPS) is 10.9. The van der Waals surface area contributed by atoms with E-state index in [1.54, 1.807) is 9.03 Å². The number of fused-ring (bicyclic) bond motifs is 2. The first-order valence-electron chi connectivity index (χ1n) is 12.6. The molecule has 0 fully saturated rings. The maximum absolute atomic E-state index is 4.43. The van der Waals surface area contributed by atoms with Crippen LogP contribution in [-0.4, -0.2) is 51.7 Å². The summed E-state index contributed by atoms with van der Waals surface area (Å²) in [6, 6.07) is 20.4. The van der Waals surface area contributed by atoms with E-state index in [-0.39, 0.29) is 0 Å². The second-order valence-corrected chi connectivity index (χ2v) is 10.7. The molecular formula is C28H30N10S2. The Hall–Kier alpha value is -4.16. The molecule has 40 heavy (non-hydrogen) atoms. The molecule has 204 valence electrons. The van der Waals surface area contributed by atoms with Gasteiger partial charge in [0.2, 0.25) is 10.3 Å². The Morgan fingerprint density at radius 1 is 0.550 bits per heavy atom. The van der Waals surface area contributed by atoms with Crippen molar-refractivity contribution in [3.63, 3.8) is 0 Å². The highest BCUT2D eigenvalue weighted by atomic mass is 32.2. The van der Waals surface area contributed by atoms with Gasteiger partial charge in [-0.1, -0.05) is 58.9 Å². The highest BCUT2D eigenvalue weighted by Gasteiger charge is 2.11. The predicted molar refractivity (Wildman–Crippen MR) is 164 cm³/mol. The van der Waals surface area contributed by atoms with Gasteiger partial charge in [0.15, 0.2) is 0 Å². The zero-order chi connectivity index (χ0) is 28.2. The Bertz CT molecular complexity index is 1630. The van der Waals surface area contributed by atoms with E-state index in [1.165, 1.54) is 34.7 Å². The molecule has 0 saturated heterocycles. The van der Waals surface area contributed by atoms with Crippen molar-refractivity contribution in [2.24, 2.45) is 0 Å². The molecule has 6 rings (SSSR count). The third kappa shape index (κ3) is 6.35. The molecule has 6 aromatic rings. The number of rotatable bonds is 6. The Morgan fingerprint density at radius 3 is 1.27 bits per heavy atom. The van der Waals surface area contributed by atoms with Crippen molar-refractivity contribution < 1.29 is 0 Å². The van der Waals surface area contributed by atoms with Crippen molar-refractivity contribution in [3.05, 3.63) is 83.2 Å². The lowest BCUT2D eigenvalue weighted by molar-refractivity contribution is 0.884. The van der Waals surface area contributed by atoms with E-state index in [9.17, 15) is 0 Å². The summed E-state index contributed by atoms with van der Waals surface area (Å²) < 4.78 is 3.47. The molecule has 0 saturated carbocycles. The fourth-order valence-electron chi connectivity index (χ4n) is 3.86. The molecule has 4 aromatic heterocycles. The van der Waals surface area contributed by atoms with Crippen LogP contribution in [0.1, 0.15) is 22.5 Å². The number of benzene rings is 2. The second-order valence-electron chi connectivity index (χ2n) is 9.17. The lowest BCUT2D eigenvalue weighted by Crippen LogP contribution is -2.02. The van der Waals surface area contributed by atoms with Crippen LogP contribution in [0.15, 0.2) is 71.0 Å². The highest BCUT2D eigenvalue weighted by Crippen LogP contribution is 2.21. The Labute approximate surface area is 241 Å². The first-order valence-corrected chi connectivity index (χ1v) is 15.0. The van der Waals surface area contributed by atoms with E-state index in [0.717, 1.165) is 44.7 Å². The van der Waals surface area contributed by atoms with Gasteiger partial charge in [0.05, 0.1) is 0 Å². The molecule has 2 aromatic carbocycles. The summed E-state index contributed by atoms with van der Waals surface area (Å²) in [6.45, 7) is 8.04. The van der Waals surface area contributed by atoms with Gasteiger partial charge in [0.25, 0.3) is 11.6 Å². The van der Waals surface area contributed by atoms with Gasteiger partial charge in [-0.2, -0.15) is 19.0 Å². The number of nitrogens with one attached hydrogen (secondary N) is 2. The van der Waals surface area contributed by atoms with Gasteiger partial charge in [-0.15, -0.1) is 10.2 Å². The minimum Gasteiger partial charge on any atom is -0.340 e. The predicted octanol–water partition coefficient (Wildman–Crippen LogP) is 6.41. The van der Waals surface area contributed by atoms with Crippen LogP contribution in [0.3, 0.4) is 0 Å². The van der Waals surface area contributed by atoms with Crippen molar-refractivity contribution >= 4 is 58.1 Å². The van der Waals surface area contributed by atoms with E-state index in [2.05, 4.69) is 78.9 Å². The maximum atomic E-state index is 4.43. The number of aryl methyl sites for hydroxylation is 4. The van der Waals surface area contributed by atoms with Crippen molar-refractivity contribution in [2.45, 2.75) is 38.0 Å². The molecule has 0 unspecified atom stereocenters. The van der Waals surface area contributed by atoms with Crippen LogP contribution < -0.4 is 10.6 Å². The lowest BCUT2D eigenvalue weighted by atomic mass is 10.2. The topological polar surface area (TPSA) is 110 Å². The molecule has 12 heteroatoms. The van der Waals surface area contributed by atoms with Crippen LogP contribution in [0.5, 0.6) is 0 Å². The third-order valence-electron chi connectivity index (χ3n) is 5.85. The standard InChI is InChI=1S/2C14H15N5S/c2*1-9-4-6-11(7-5-9)16-12-8-10(2)15-13-17-14(20-3)18-19(12)13/h2*4-8,16H,1-3H3. The van der Waals surface area contributed by atoms with Crippen molar-refractivity contribution in [2.75, 3.05) is 23.1 Å². The van der Waals surface area contributed by atoms with Gasteiger partial charge in [0, 0.05) is 34.9 Å². The van der Waals surface area contributed by atoms with Gasteiger partial charge in [-0.3, -0.25) is 0 Å². The minimum absolute atomic E-state index is 0.615. The molecule has 0 aliphatic carbocycles. The maximum Gasteiger partial charge on any atom is 0.255 e. The van der Waals surface area contributed by atoms with E-state index in [1.807, 2.05) is 62.8 Å². The van der Waals surface area contributed by atoms with Crippen LogP contribution in [0, 0.1) is 27.7 Å². The number of hydrogen-bond acceptors (Lipinski definition) is 10. The van der Waals surface area contributed by atoms with Crippen LogP contribution in [0.25, 0.3) is 11.6 Å². The molecule has 0 aliphatic heterocycles. The molecule has 10 nitrogen and oxygen atoms in total. The van der Waals surface area contributed by atoms with Crippen molar-refractivity contribution in [1.82, 2.24) is 39.2 Å². The third-order valence-corrected chi connectivity index (χ3v) is 6.93. The van der Waals surface area contributed by atoms with Crippen molar-refractivity contribution in [1.29, 1.82) is 0 Å². The summed E-state index contributed by atoms with van der Waals surface area (Å²) >= 11 is 3.01.